The number of esters is 1. The fourth-order valence-electron chi connectivity index (χ4n) is 4.07. The average Bonchev–Trinajstić information content (AvgIpc) is 2.84. The summed E-state index contributed by atoms with van der Waals surface area (Å²) in [5.41, 5.74) is 0.841. The minimum absolute atomic E-state index is 0.211. The second kappa shape index (κ2) is 12.6. The zero-order valence-corrected chi connectivity index (χ0v) is 24.9. The average molecular weight is 603 g/mol. The second-order valence-electron chi connectivity index (χ2n) is 10.3. The Morgan fingerprint density at radius 3 is 1.69 bits per heavy atom. The number of benzene rings is 2. The van der Waals surface area contributed by atoms with Crippen molar-refractivity contribution >= 4 is 33.7 Å². The Bertz CT molecular complexity index is 1330. The predicted molar refractivity (Wildman–Crippen MR) is 147 cm³/mol. The number of halogens is 3. The van der Waals surface area contributed by atoms with Crippen molar-refractivity contribution in [3.8, 4) is 0 Å². The van der Waals surface area contributed by atoms with Gasteiger partial charge in [0.15, 0.2) is 23.8 Å². The van der Waals surface area contributed by atoms with Crippen LogP contribution in [0, 0.1) is 0 Å². The van der Waals surface area contributed by atoms with Crippen molar-refractivity contribution in [2.24, 2.45) is 0 Å². The second-order valence-corrected chi connectivity index (χ2v) is 20.6. The van der Waals surface area contributed by atoms with E-state index in [0.29, 0.717) is 6.04 Å². The first-order valence-electron chi connectivity index (χ1n) is 12.1. The van der Waals surface area contributed by atoms with E-state index in [0.717, 1.165) is 17.7 Å². The first-order valence-corrected chi connectivity index (χ1v) is 18.8. The van der Waals surface area contributed by atoms with E-state index >= 15 is 0 Å². The lowest BCUT2D eigenvalue weighted by Crippen LogP contribution is -2.46. The van der Waals surface area contributed by atoms with E-state index in [1.54, 1.807) is 18.2 Å². The van der Waals surface area contributed by atoms with Crippen molar-refractivity contribution in [2.45, 2.75) is 65.5 Å². The van der Waals surface area contributed by atoms with Crippen molar-refractivity contribution < 1.29 is 39.5 Å². The van der Waals surface area contributed by atoms with Crippen molar-refractivity contribution in [2.75, 3.05) is 6.61 Å². The van der Waals surface area contributed by atoms with E-state index in [4.69, 9.17) is 0 Å². The number of sulfone groups is 2. The summed E-state index contributed by atoms with van der Waals surface area (Å²) in [6.45, 7) is 7.40. The van der Waals surface area contributed by atoms with Gasteiger partial charge in [-0.3, -0.25) is 0 Å². The van der Waals surface area contributed by atoms with E-state index < -0.39 is 63.4 Å². The van der Waals surface area contributed by atoms with Gasteiger partial charge in [-0.2, -0.15) is 13.2 Å². The van der Waals surface area contributed by atoms with E-state index in [2.05, 4.69) is 24.4 Å². The molecule has 0 aliphatic heterocycles. The molecule has 0 amide bonds. The molecular formula is C27H33F3O6S2Si. The van der Waals surface area contributed by atoms with E-state index in [9.17, 15) is 34.8 Å². The van der Waals surface area contributed by atoms with Gasteiger partial charge in [0.25, 0.3) is 0 Å². The van der Waals surface area contributed by atoms with Crippen LogP contribution in [-0.2, 0) is 29.2 Å². The van der Waals surface area contributed by atoms with E-state index in [1.165, 1.54) is 48.5 Å². The highest BCUT2D eigenvalue weighted by Crippen LogP contribution is 2.42. The van der Waals surface area contributed by atoms with Crippen molar-refractivity contribution in [1.82, 2.24) is 0 Å². The Kier molecular flexibility index (Phi) is 10.5. The highest BCUT2D eigenvalue weighted by atomic mass is 32.3. The molecule has 0 unspecified atom stereocenters. The van der Waals surface area contributed by atoms with Crippen LogP contribution < -0.4 is 0 Å². The fourth-order valence-corrected chi connectivity index (χ4v) is 10.7. The number of ether oxygens (including phenoxy) is 1. The molecule has 12 heteroatoms. The van der Waals surface area contributed by atoms with Crippen LogP contribution in [0.25, 0.3) is 0 Å². The predicted octanol–water partition coefficient (Wildman–Crippen LogP) is 6.36. The molecule has 39 heavy (non-hydrogen) atoms. The molecule has 2 rings (SSSR count). The summed E-state index contributed by atoms with van der Waals surface area (Å²) in [5, 5.41) is 0. The van der Waals surface area contributed by atoms with Gasteiger partial charge in [-0.1, -0.05) is 79.8 Å². The van der Waals surface area contributed by atoms with Crippen molar-refractivity contribution in [3.63, 3.8) is 0 Å². The first kappa shape index (κ1) is 32.5. The Morgan fingerprint density at radius 1 is 0.821 bits per heavy atom. The summed E-state index contributed by atoms with van der Waals surface area (Å²) in [4.78, 5) is 10.6. The van der Waals surface area contributed by atoms with Crippen LogP contribution in [0.15, 0.2) is 94.3 Å². The summed E-state index contributed by atoms with van der Waals surface area (Å²) in [7, 11) is -10.8. The minimum Gasteiger partial charge on any atom is -0.455 e. The van der Waals surface area contributed by atoms with Crippen LogP contribution in [0.4, 0.5) is 13.2 Å². The Labute approximate surface area is 229 Å². The normalized spacial score (nSPS) is 14.0. The quantitative estimate of drug-likeness (QED) is 0.160. The number of allylic oxidation sites excluding steroid dienone is 3. The van der Waals surface area contributed by atoms with Crippen LogP contribution in [0.1, 0.15) is 19.8 Å². The van der Waals surface area contributed by atoms with Gasteiger partial charge >= 0.3 is 12.1 Å². The lowest BCUT2D eigenvalue weighted by Gasteiger charge is -2.32. The number of alkyl halides is 3. The van der Waals surface area contributed by atoms with Gasteiger partial charge in [0, 0.05) is 20.9 Å². The van der Waals surface area contributed by atoms with Crippen LogP contribution in [-0.4, -0.2) is 47.7 Å². The molecule has 6 nitrogen and oxygen atoms in total. The molecular weight excluding hydrogens is 570 g/mol. The van der Waals surface area contributed by atoms with Crippen LogP contribution in [0.3, 0.4) is 0 Å². The van der Waals surface area contributed by atoms with Crippen molar-refractivity contribution in [1.29, 1.82) is 0 Å². The lowest BCUT2D eigenvalue weighted by molar-refractivity contribution is -0.198. The largest absolute Gasteiger partial charge is 0.490 e. The topological polar surface area (TPSA) is 94.6 Å². The molecule has 0 aliphatic rings. The monoisotopic (exact) mass is 602 g/mol. The zero-order valence-electron chi connectivity index (χ0n) is 22.2. The van der Waals surface area contributed by atoms with Gasteiger partial charge in [0.1, 0.15) is 6.61 Å². The molecule has 2 aromatic carbocycles. The van der Waals surface area contributed by atoms with Gasteiger partial charge in [-0.25, -0.2) is 21.6 Å². The van der Waals surface area contributed by atoms with Gasteiger partial charge in [-0.05, 0) is 37.2 Å². The zero-order chi connectivity index (χ0) is 29.5. The summed E-state index contributed by atoms with van der Waals surface area (Å²) in [6.07, 6.45) is -2.42. The van der Waals surface area contributed by atoms with Crippen molar-refractivity contribution in [3.05, 3.63) is 84.5 Å². The molecule has 0 saturated heterocycles. The third-order valence-corrected chi connectivity index (χ3v) is 13.1. The molecule has 0 radical (unpaired) electrons. The van der Waals surface area contributed by atoms with E-state index in [1.807, 2.05) is 6.92 Å². The van der Waals surface area contributed by atoms with Gasteiger partial charge in [-0.15, -0.1) is 0 Å². The standard InChI is InChI=1S/C27H33F3O6S2Si/c1-22(21-39(2,3)4)17-19-26(37(32,33)23-13-7-5-8-14-23,38(34,35)24-15-9-6-10-16-24)18-11-12-20-36-25(31)27(28,29)30/h5-17H,18-21H2,1-4H3/b12-11+,22-17+. The number of carbonyl (C=O) groups excluding carboxylic acids is 1. The fraction of sp³-hybridized carbons (Fsp3) is 0.370. The Morgan fingerprint density at radius 2 is 1.28 bits per heavy atom. The maximum atomic E-state index is 14.2. The van der Waals surface area contributed by atoms with E-state index in [-0.39, 0.29) is 9.79 Å². The van der Waals surface area contributed by atoms with Crippen LogP contribution in [0.2, 0.25) is 25.7 Å². The summed E-state index contributed by atoms with van der Waals surface area (Å²) in [5.74, 6) is -2.41. The maximum absolute atomic E-state index is 14.2. The molecule has 0 atom stereocenters. The highest BCUT2D eigenvalue weighted by molar-refractivity contribution is 8.10. The third-order valence-electron chi connectivity index (χ3n) is 5.79. The maximum Gasteiger partial charge on any atom is 0.490 e. The number of hydrogen-bond acceptors (Lipinski definition) is 6. The Balaban J connectivity index is 2.71. The molecule has 0 N–H and O–H groups in total. The molecule has 0 spiro atoms. The van der Waals surface area contributed by atoms with Crippen LogP contribution in [0.5, 0.6) is 0 Å². The molecule has 2 aromatic rings. The SMILES string of the molecule is C/C(=C\CC(C/C=C/COC(=O)C(F)(F)F)(S(=O)(=O)c1ccccc1)S(=O)(=O)c1ccccc1)C[Si](C)(C)C. The molecule has 214 valence electrons. The molecule has 0 bridgehead atoms. The molecule has 0 fully saturated rings. The Hall–Kier alpha value is -2.70. The minimum atomic E-state index is -5.19. The highest BCUT2D eigenvalue weighted by Gasteiger charge is 2.54. The number of rotatable bonds is 12. The smallest absolute Gasteiger partial charge is 0.455 e. The number of hydrogen-bond donors (Lipinski definition) is 0. The summed E-state index contributed by atoms with van der Waals surface area (Å²) < 4.78 is 96.0. The van der Waals surface area contributed by atoms with Crippen LogP contribution >= 0.6 is 0 Å². The molecule has 0 heterocycles. The third kappa shape index (κ3) is 8.15. The lowest BCUT2D eigenvalue weighted by atomic mass is 10.1. The summed E-state index contributed by atoms with van der Waals surface area (Å²) >= 11 is 0. The number of carbonyl (C=O) groups is 1. The van der Waals surface area contributed by atoms with Gasteiger partial charge < -0.3 is 4.74 Å². The molecule has 0 aliphatic carbocycles. The van der Waals surface area contributed by atoms with Gasteiger partial charge in [0.2, 0.25) is 0 Å². The molecule has 0 aromatic heterocycles. The van der Waals surface area contributed by atoms with Gasteiger partial charge in [0.05, 0.1) is 9.79 Å². The molecule has 0 saturated carbocycles. The summed E-state index contributed by atoms with van der Waals surface area (Å²) in [6, 6.07) is 15.0. The first-order chi connectivity index (χ1) is 17.9.